The van der Waals surface area contributed by atoms with Gasteiger partial charge in [0.1, 0.15) is 6.33 Å². The fourth-order valence-electron chi connectivity index (χ4n) is 5.42. The molecule has 2 aliphatic rings. The van der Waals surface area contributed by atoms with Crippen LogP contribution in [0.1, 0.15) is 68.5 Å². The average Bonchev–Trinajstić information content (AvgIpc) is 3.29. The molecule has 1 saturated heterocycles. The number of piperidine rings is 1. The molecule has 2 aromatic heterocycles. The van der Waals surface area contributed by atoms with E-state index in [1.807, 2.05) is 44.0 Å². The molecule has 8 heteroatoms. The van der Waals surface area contributed by atoms with Crippen LogP contribution >= 0.6 is 0 Å². The minimum absolute atomic E-state index is 0.0280. The first-order valence-electron chi connectivity index (χ1n) is 12.5. The minimum atomic E-state index is -0.200. The van der Waals surface area contributed by atoms with Crippen LogP contribution in [0.25, 0.3) is 0 Å². The lowest BCUT2D eigenvalue weighted by molar-refractivity contribution is 0.0709. The number of amides is 2. The zero-order chi connectivity index (χ0) is 25.2. The number of anilines is 1. The number of hydrogen-bond acceptors (Lipinski definition) is 6. The molecule has 0 saturated carbocycles. The maximum atomic E-state index is 13.4. The first kappa shape index (κ1) is 23.9. The van der Waals surface area contributed by atoms with E-state index < -0.39 is 0 Å². The molecule has 5 rings (SSSR count). The normalized spacial score (nSPS) is 17.5. The molecule has 0 radical (unpaired) electrons. The summed E-state index contributed by atoms with van der Waals surface area (Å²) in [4.78, 5) is 42.7. The highest BCUT2D eigenvalue weighted by atomic mass is 16.2. The van der Waals surface area contributed by atoms with Gasteiger partial charge in [-0.15, -0.1) is 0 Å². The van der Waals surface area contributed by atoms with E-state index in [1.54, 1.807) is 0 Å². The van der Waals surface area contributed by atoms with E-state index in [9.17, 15) is 9.59 Å². The Labute approximate surface area is 211 Å². The Morgan fingerprint density at radius 3 is 2.36 bits per heavy atom. The van der Waals surface area contributed by atoms with Crippen molar-refractivity contribution >= 4 is 17.5 Å². The van der Waals surface area contributed by atoms with E-state index in [0.717, 1.165) is 55.7 Å². The molecule has 1 unspecified atom stereocenters. The fraction of sp³-hybridized carbons (Fsp3) is 0.393. The van der Waals surface area contributed by atoms with Crippen molar-refractivity contribution < 1.29 is 9.59 Å². The van der Waals surface area contributed by atoms with Gasteiger partial charge in [0, 0.05) is 61.2 Å². The van der Waals surface area contributed by atoms with Gasteiger partial charge < -0.3 is 15.1 Å². The van der Waals surface area contributed by atoms with Crippen LogP contribution in [0.3, 0.4) is 0 Å². The van der Waals surface area contributed by atoms with Gasteiger partial charge in [0.05, 0.1) is 11.6 Å². The smallest absolute Gasteiger partial charge is 0.254 e. The number of hydrogen-bond donors (Lipinski definition) is 1. The van der Waals surface area contributed by atoms with Gasteiger partial charge in [-0.2, -0.15) is 0 Å². The van der Waals surface area contributed by atoms with E-state index in [4.69, 9.17) is 0 Å². The van der Waals surface area contributed by atoms with Gasteiger partial charge in [-0.3, -0.25) is 14.6 Å². The van der Waals surface area contributed by atoms with E-state index in [-0.39, 0.29) is 23.9 Å². The van der Waals surface area contributed by atoms with Crippen LogP contribution in [0.15, 0.2) is 49.1 Å². The summed E-state index contributed by atoms with van der Waals surface area (Å²) in [5.74, 6) is -0.172. The summed E-state index contributed by atoms with van der Waals surface area (Å²) in [7, 11) is 1.91. The highest BCUT2D eigenvalue weighted by Crippen LogP contribution is 2.33. The summed E-state index contributed by atoms with van der Waals surface area (Å²) in [5, 5.41) is 3.08. The maximum Gasteiger partial charge on any atom is 0.254 e. The molecular weight excluding hydrogens is 452 g/mol. The lowest BCUT2D eigenvalue weighted by Gasteiger charge is -2.38. The van der Waals surface area contributed by atoms with Crippen LogP contribution in [0.5, 0.6) is 0 Å². The standard InChI is InChI=1S/C28H32N6O2/c1-18-12-24(13-19(2)31-18)34-10-8-23(9-11-34)33(3)28(36)21-5-4-20-6-7-26(25(20)14-21)32-27(35)22-15-29-17-30-16-22/h4-5,12-17,23,26H,6-11H2,1-3H3,(H,32,35). The maximum absolute atomic E-state index is 13.4. The number of nitrogens with zero attached hydrogens (tertiary/aromatic N) is 5. The summed E-state index contributed by atoms with van der Waals surface area (Å²) in [5.41, 5.74) is 6.58. The zero-order valence-electron chi connectivity index (χ0n) is 21.1. The highest BCUT2D eigenvalue weighted by Gasteiger charge is 2.29. The second-order valence-corrected chi connectivity index (χ2v) is 9.85. The predicted octanol–water partition coefficient (Wildman–Crippen LogP) is 3.65. The molecule has 8 nitrogen and oxygen atoms in total. The van der Waals surface area contributed by atoms with Crippen molar-refractivity contribution in [2.45, 2.75) is 51.6 Å². The average molecular weight is 485 g/mol. The molecule has 186 valence electrons. The second-order valence-electron chi connectivity index (χ2n) is 9.85. The van der Waals surface area contributed by atoms with Gasteiger partial charge in [0.25, 0.3) is 11.8 Å². The Morgan fingerprint density at radius 1 is 0.972 bits per heavy atom. The SMILES string of the molecule is Cc1cc(N2CCC(N(C)C(=O)c3ccc4c(c3)C(NC(=O)c3cncnc3)CC4)CC2)cc(C)n1. The number of pyridine rings is 1. The molecule has 1 aliphatic carbocycles. The number of benzene rings is 1. The fourth-order valence-corrected chi connectivity index (χ4v) is 5.42. The van der Waals surface area contributed by atoms with Crippen molar-refractivity contribution in [3.63, 3.8) is 0 Å². The topological polar surface area (TPSA) is 91.3 Å². The zero-order valence-corrected chi connectivity index (χ0v) is 21.1. The number of carbonyl (C=O) groups is 2. The van der Waals surface area contributed by atoms with Crippen molar-refractivity contribution in [1.82, 2.24) is 25.2 Å². The van der Waals surface area contributed by atoms with Crippen LogP contribution in [0.4, 0.5) is 5.69 Å². The quantitative estimate of drug-likeness (QED) is 0.595. The van der Waals surface area contributed by atoms with Gasteiger partial charge in [0.15, 0.2) is 0 Å². The third kappa shape index (κ3) is 4.94. The minimum Gasteiger partial charge on any atom is -0.371 e. The molecule has 1 atom stereocenters. The molecule has 36 heavy (non-hydrogen) atoms. The van der Waals surface area contributed by atoms with Crippen LogP contribution in [0, 0.1) is 13.8 Å². The van der Waals surface area contributed by atoms with Crippen molar-refractivity contribution in [3.8, 4) is 0 Å². The first-order chi connectivity index (χ1) is 17.4. The molecular formula is C28H32N6O2. The van der Waals surface area contributed by atoms with Gasteiger partial charge in [-0.25, -0.2) is 9.97 Å². The number of carbonyl (C=O) groups excluding carboxylic acids is 2. The molecule has 1 aromatic carbocycles. The largest absolute Gasteiger partial charge is 0.371 e. The molecule has 0 bridgehead atoms. The number of rotatable bonds is 5. The summed E-state index contributed by atoms with van der Waals surface area (Å²) in [6, 6.07) is 10.3. The van der Waals surface area contributed by atoms with Gasteiger partial charge in [-0.1, -0.05) is 6.07 Å². The van der Waals surface area contributed by atoms with E-state index in [0.29, 0.717) is 11.1 Å². The van der Waals surface area contributed by atoms with Crippen molar-refractivity contribution in [2.75, 3.05) is 25.0 Å². The lowest BCUT2D eigenvalue weighted by Crippen LogP contribution is -2.45. The third-order valence-corrected chi connectivity index (χ3v) is 7.36. The number of nitrogens with one attached hydrogen (secondary N) is 1. The van der Waals surface area contributed by atoms with Crippen LogP contribution in [-0.2, 0) is 6.42 Å². The molecule has 1 fully saturated rings. The van der Waals surface area contributed by atoms with Crippen molar-refractivity contribution in [3.05, 3.63) is 82.7 Å². The predicted molar refractivity (Wildman–Crippen MR) is 138 cm³/mol. The number of fused-ring (bicyclic) bond motifs is 1. The van der Waals surface area contributed by atoms with Crippen molar-refractivity contribution in [2.24, 2.45) is 0 Å². The second kappa shape index (κ2) is 10.0. The van der Waals surface area contributed by atoms with E-state index in [1.165, 1.54) is 30.0 Å². The summed E-state index contributed by atoms with van der Waals surface area (Å²) < 4.78 is 0. The van der Waals surface area contributed by atoms with E-state index >= 15 is 0 Å². The lowest BCUT2D eigenvalue weighted by atomic mass is 10.00. The number of aromatic nitrogens is 3. The van der Waals surface area contributed by atoms with Crippen molar-refractivity contribution in [1.29, 1.82) is 0 Å². The summed E-state index contributed by atoms with van der Waals surface area (Å²) in [6.07, 6.45) is 7.96. The molecule has 2 amide bonds. The highest BCUT2D eigenvalue weighted by molar-refractivity contribution is 5.95. The van der Waals surface area contributed by atoms with Crippen LogP contribution < -0.4 is 10.2 Å². The summed E-state index contributed by atoms with van der Waals surface area (Å²) >= 11 is 0. The third-order valence-electron chi connectivity index (χ3n) is 7.36. The Balaban J connectivity index is 1.24. The van der Waals surface area contributed by atoms with Gasteiger partial charge >= 0.3 is 0 Å². The first-order valence-corrected chi connectivity index (χ1v) is 12.5. The van der Waals surface area contributed by atoms with Crippen LogP contribution in [-0.4, -0.2) is 57.8 Å². The van der Waals surface area contributed by atoms with Gasteiger partial charge in [0.2, 0.25) is 0 Å². The molecule has 3 aromatic rings. The Hall–Kier alpha value is -3.81. The summed E-state index contributed by atoms with van der Waals surface area (Å²) in [6.45, 7) is 5.87. The molecule has 3 heterocycles. The molecule has 1 aliphatic heterocycles. The Morgan fingerprint density at radius 2 is 1.67 bits per heavy atom. The monoisotopic (exact) mass is 484 g/mol. The van der Waals surface area contributed by atoms with Gasteiger partial charge in [-0.05, 0) is 74.9 Å². The molecule has 0 spiro atoms. The number of aryl methyl sites for hydroxylation is 3. The Bertz CT molecular complexity index is 1250. The van der Waals surface area contributed by atoms with Crippen LogP contribution in [0.2, 0.25) is 0 Å². The Kier molecular flexibility index (Phi) is 6.67. The van der Waals surface area contributed by atoms with E-state index in [2.05, 4.69) is 37.3 Å². The molecule has 1 N–H and O–H groups in total.